The van der Waals surface area contributed by atoms with Gasteiger partial charge in [-0.15, -0.1) is 0 Å². The van der Waals surface area contributed by atoms with Crippen LogP contribution in [0.3, 0.4) is 0 Å². The van der Waals surface area contributed by atoms with Crippen molar-refractivity contribution in [3.05, 3.63) is 59.4 Å². The van der Waals surface area contributed by atoms with Gasteiger partial charge in [0.05, 0.1) is 21.3 Å². The van der Waals surface area contributed by atoms with Gasteiger partial charge in [-0.3, -0.25) is 9.59 Å². The number of amides is 2. The van der Waals surface area contributed by atoms with Gasteiger partial charge in [-0.1, -0.05) is 18.2 Å². The SMILES string of the molecule is CCn1cc(C=C(NC(=O)c2cc(OC)c(OC)c(OC)c2)C(=O)NCCCO)c2ccccc21. The summed E-state index contributed by atoms with van der Waals surface area (Å²) in [5, 5.41) is 15.5. The fourth-order valence-electron chi connectivity index (χ4n) is 3.75. The predicted octanol–water partition coefficient (Wildman–Crippen LogP) is 2.96. The van der Waals surface area contributed by atoms with Crippen molar-refractivity contribution >= 4 is 28.8 Å². The highest BCUT2D eigenvalue weighted by atomic mass is 16.5. The van der Waals surface area contributed by atoms with Crippen LogP contribution in [0, 0.1) is 0 Å². The number of carbonyl (C=O) groups is 2. The second-order valence-corrected chi connectivity index (χ2v) is 7.65. The van der Waals surface area contributed by atoms with E-state index in [1.807, 2.05) is 37.4 Å². The van der Waals surface area contributed by atoms with Crippen molar-refractivity contribution in [3.8, 4) is 17.2 Å². The molecule has 35 heavy (non-hydrogen) atoms. The largest absolute Gasteiger partial charge is 0.493 e. The molecule has 0 aliphatic carbocycles. The molecule has 0 saturated heterocycles. The molecule has 0 atom stereocenters. The Kier molecular flexibility index (Phi) is 8.74. The van der Waals surface area contributed by atoms with Crippen LogP contribution in [0.15, 0.2) is 48.3 Å². The Labute approximate surface area is 204 Å². The van der Waals surface area contributed by atoms with Crippen LogP contribution in [0.25, 0.3) is 17.0 Å². The highest BCUT2D eigenvalue weighted by molar-refractivity contribution is 6.07. The molecule has 1 heterocycles. The lowest BCUT2D eigenvalue weighted by atomic mass is 10.1. The van der Waals surface area contributed by atoms with Gasteiger partial charge in [0.2, 0.25) is 5.75 Å². The molecule has 2 amide bonds. The number of nitrogens with zero attached hydrogens (tertiary/aromatic N) is 1. The molecule has 186 valence electrons. The number of aliphatic hydroxyl groups is 1. The quantitative estimate of drug-likeness (QED) is 0.287. The number of aromatic nitrogens is 1. The van der Waals surface area contributed by atoms with Crippen LogP contribution in [0.2, 0.25) is 0 Å². The second-order valence-electron chi connectivity index (χ2n) is 7.65. The van der Waals surface area contributed by atoms with Crippen molar-refractivity contribution in [1.82, 2.24) is 15.2 Å². The van der Waals surface area contributed by atoms with Gasteiger partial charge >= 0.3 is 0 Å². The molecule has 9 heteroatoms. The molecular weight excluding hydrogens is 450 g/mol. The smallest absolute Gasteiger partial charge is 0.267 e. The van der Waals surface area contributed by atoms with Crippen molar-refractivity contribution in [2.75, 3.05) is 34.5 Å². The molecule has 2 aromatic carbocycles. The number of nitrogens with one attached hydrogen (secondary N) is 2. The summed E-state index contributed by atoms with van der Waals surface area (Å²) >= 11 is 0. The Bertz CT molecular complexity index is 1210. The van der Waals surface area contributed by atoms with E-state index in [9.17, 15) is 9.59 Å². The minimum absolute atomic E-state index is 0.0545. The minimum atomic E-state index is -0.521. The summed E-state index contributed by atoms with van der Waals surface area (Å²) in [5.74, 6) is 0.0120. The average molecular weight is 482 g/mol. The van der Waals surface area contributed by atoms with Gasteiger partial charge < -0.3 is 34.5 Å². The van der Waals surface area contributed by atoms with Crippen molar-refractivity contribution in [2.45, 2.75) is 19.9 Å². The van der Waals surface area contributed by atoms with Crippen molar-refractivity contribution < 1.29 is 28.9 Å². The minimum Gasteiger partial charge on any atom is -0.493 e. The summed E-state index contributed by atoms with van der Waals surface area (Å²) in [7, 11) is 4.40. The van der Waals surface area contributed by atoms with Crippen LogP contribution in [0.1, 0.15) is 29.3 Å². The van der Waals surface area contributed by atoms with Crippen molar-refractivity contribution in [1.29, 1.82) is 0 Å². The van der Waals surface area contributed by atoms with E-state index in [1.165, 1.54) is 33.5 Å². The average Bonchev–Trinajstić information content (AvgIpc) is 3.24. The first-order valence-corrected chi connectivity index (χ1v) is 11.3. The summed E-state index contributed by atoms with van der Waals surface area (Å²) in [6.45, 7) is 3.00. The number of methoxy groups -OCH3 is 3. The topological polar surface area (TPSA) is 111 Å². The van der Waals surface area contributed by atoms with Gasteiger partial charge in [0, 0.05) is 47.9 Å². The number of hydrogen-bond donors (Lipinski definition) is 3. The number of rotatable bonds is 11. The van der Waals surface area contributed by atoms with Gasteiger partial charge in [-0.05, 0) is 37.6 Å². The van der Waals surface area contributed by atoms with Crippen LogP contribution in [0.4, 0.5) is 0 Å². The van der Waals surface area contributed by atoms with Gasteiger partial charge in [0.15, 0.2) is 11.5 Å². The summed E-state index contributed by atoms with van der Waals surface area (Å²) < 4.78 is 18.1. The molecule has 9 nitrogen and oxygen atoms in total. The number of aryl methyl sites for hydroxylation is 1. The molecule has 0 fully saturated rings. The maximum atomic E-state index is 13.2. The Balaban J connectivity index is 2.02. The summed E-state index contributed by atoms with van der Waals surface area (Å²) in [6, 6.07) is 10.9. The number of ether oxygens (including phenoxy) is 3. The molecular formula is C26H31N3O6. The molecule has 0 saturated carbocycles. The monoisotopic (exact) mass is 481 g/mol. The molecule has 3 N–H and O–H groups in total. The molecule has 0 spiro atoms. The van der Waals surface area contributed by atoms with Gasteiger partial charge in [0.25, 0.3) is 11.8 Å². The van der Waals surface area contributed by atoms with E-state index in [0.29, 0.717) is 23.7 Å². The number of aliphatic hydroxyl groups excluding tert-OH is 1. The van der Waals surface area contributed by atoms with E-state index in [-0.39, 0.29) is 24.4 Å². The number of hydrogen-bond acceptors (Lipinski definition) is 6. The first-order valence-electron chi connectivity index (χ1n) is 11.3. The fraction of sp³-hybridized carbons (Fsp3) is 0.308. The highest BCUT2D eigenvalue weighted by Gasteiger charge is 2.20. The third-order valence-corrected chi connectivity index (χ3v) is 5.50. The standard InChI is InChI=1S/C26H31N3O6/c1-5-29-16-18(19-9-6-7-10-21(19)29)13-20(26(32)27-11-8-12-30)28-25(31)17-14-22(33-2)24(35-4)23(15-17)34-3/h6-7,9-10,13-16,30H,5,8,11-12H2,1-4H3,(H,27,32)(H,28,31). The zero-order valence-corrected chi connectivity index (χ0v) is 20.4. The van der Waals surface area contributed by atoms with Crippen LogP contribution in [-0.2, 0) is 11.3 Å². The Morgan fingerprint density at radius 3 is 2.34 bits per heavy atom. The number of fused-ring (bicyclic) bond motifs is 1. The zero-order valence-electron chi connectivity index (χ0n) is 20.4. The highest BCUT2D eigenvalue weighted by Crippen LogP contribution is 2.38. The van der Waals surface area contributed by atoms with E-state index in [1.54, 1.807) is 6.08 Å². The summed E-state index contributed by atoms with van der Waals surface area (Å²) in [5.41, 5.74) is 2.11. The van der Waals surface area contributed by atoms with Gasteiger partial charge in [0.1, 0.15) is 5.70 Å². The lowest BCUT2D eigenvalue weighted by molar-refractivity contribution is -0.117. The molecule has 0 bridgehead atoms. The number of benzene rings is 2. The van der Waals surface area contributed by atoms with Gasteiger partial charge in [-0.2, -0.15) is 0 Å². The van der Waals surface area contributed by atoms with Crippen LogP contribution in [-0.4, -0.2) is 56.0 Å². The fourth-order valence-corrected chi connectivity index (χ4v) is 3.75. The first-order chi connectivity index (χ1) is 17.0. The third kappa shape index (κ3) is 5.75. The van der Waals surface area contributed by atoms with E-state index in [4.69, 9.17) is 19.3 Å². The van der Waals surface area contributed by atoms with E-state index in [0.717, 1.165) is 23.0 Å². The molecule has 1 aromatic heterocycles. The van der Waals surface area contributed by atoms with Crippen LogP contribution in [0.5, 0.6) is 17.2 Å². The molecule has 3 aromatic rings. The van der Waals surface area contributed by atoms with Gasteiger partial charge in [-0.25, -0.2) is 0 Å². The van der Waals surface area contributed by atoms with E-state index < -0.39 is 11.8 Å². The van der Waals surface area contributed by atoms with Crippen LogP contribution >= 0.6 is 0 Å². The Morgan fingerprint density at radius 1 is 1.06 bits per heavy atom. The molecule has 0 aliphatic heterocycles. The lowest BCUT2D eigenvalue weighted by Crippen LogP contribution is -2.35. The van der Waals surface area contributed by atoms with E-state index >= 15 is 0 Å². The molecule has 3 rings (SSSR count). The molecule has 0 radical (unpaired) electrons. The normalized spacial score (nSPS) is 11.3. The maximum absolute atomic E-state index is 13.2. The summed E-state index contributed by atoms with van der Waals surface area (Å²) in [4.78, 5) is 26.2. The molecule has 0 unspecified atom stereocenters. The molecule has 0 aliphatic rings. The van der Waals surface area contributed by atoms with Crippen LogP contribution < -0.4 is 24.8 Å². The zero-order chi connectivity index (χ0) is 25.4. The summed E-state index contributed by atoms with van der Waals surface area (Å²) in [6.07, 6.45) is 3.99. The number of carbonyl (C=O) groups excluding carboxylic acids is 2. The maximum Gasteiger partial charge on any atom is 0.267 e. The second kappa shape index (κ2) is 11.9. The first kappa shape index (κ1) is 25.6. The predicted molar refractivity (Wildman–Crippen MR) is 134 cm³/mol. The van der Waals surface area contributed by atoms with Crippen molar-refractivity contribution in [2.24, 2.45) is 0 Å². The van der Waals surface area contributed by atoms with Crippen molar-refractivity contribution in [3.63, 3.8) is 0 Å². The third-order valence-electron chi connectivity index (χ3n) is 5.50. The lowest BCUT2D eigenvalue weighted by Gasteiger charge is -2.15. The Hall–Kier alpha value is -3.98. The number of para-hydroxylation sites is 1. The Morgan fingerprint density at radius 2 is 1.74 bits per heavy atom. The van der Waals surface area contributed by atoms with E-state index in [2.05, 4.69) is 15.2 Å².